The highest BCUT2D eigenvalue weighted by Crippen LogP contribution is 2.31. The van der Waals surface area contributed by atoms with Crippen LogP contribution in [-0.2, 0) is 21.2 Å². The first-order valence-electron chi connectivity index (χ1n) is 11.5. The SMILES string of the molecule is CC1CNc2c(cccc2S(=O)(=O)N[C@@H](CCCN=C(N)N)C(=O)N2CCC(CO)CC2)C1. The number of hydrogen-bond acceptors (Lipinski definition) is 6. The fourth-order valence-corrected chi connectivity index (χ4v) is 5.89. The summed E-state index contributed by atoms with van der Waals surface area (Å²) in [5.74, 6) is 0.289. The summed E-state index contributed by atoms with van der Waals surface area (Å²) in [4.78, 5) is 19.1. The molecule has 0 radical (unpaired) electrons. The standard InChI is InChI=1S/C22H36N6O4S/c1-15-12-17-4-2-6-19(20(17)26-13-15)33(31,32)27-18(5-3-9-25-22(23)24)21(30)28-10-7-16(14-29)8-11-28/h2,4,6,15-16,18,26-27,29H,3,5,7-14H2,1H3,(H4,23,24,25)/t15?,18-/m0/s1. The third kappa shape index (κ3) is 6.58. The highest BCUT2D eigenvalue weighted by atomic mass is 32.2. The van der Waals surface area contributed by atoms with Crippen LogP contribution in [0.5, 0.6) is 0 Å². The van der Waals surface area contributed by atoms with Gasteiger partial charge in [0.15, 0.2) is 5.96 Å². The summed E-state index contributed by atoms with van der Waals surface area (Å²) in [5, 5.41) is 12.6. The van der Waals surface area contributed by atoms with Gasteiger partial charge in [-0.2, -0.15) is 4.72 Å². The minimum Gasteiger partial charge on any atom is -0.396 e. The number of guanidine groups is 1. The zero-order chi connectivity index (χ0) is 24.0. The molecule has 0 spiro atoms. The number of nitrogens with two attached hydrogens (primary N) is 2. The Labute approximate surface area is 195 Å². The normalized spacial score (nSPS) is 19.9. The lowest BCUT2D eigenvalue weighted by Gasteiger charge is -2.34. The summed E-state index contributed by atoms with van der Waals surface area (Å²) < 4.78 is 29.5. The molecule has 2 aliphatic heterocycles. The van der Waals surface area contributed by atoms with Crippen LogP contribution in [0.4, 0.5) is 5.69 Å². The fraction of sp³-hybridized carbons (Fsp3) is 0.636. The van der Waals surface area contributed by atoms with Gasteiger partial charge in [0.1, 0.15) is 10.9 Å². The number of nitrogens with one attached hydrogen (secondary N) is 2. The number of amides is 1. The molecule has 1 fully saturated rings. The third-order valence-corrected chi connectivity index (χ3v) is 7.84. The van der Waals surface area contributed by atoms with E-state index in [1.165, 1.54) is 0 Å². The highest BCUT2D eigenvalue weighted by Gasteiger charge is 2.33. The van der Waals surface area contributed by atoms with Gasteiger partial charge in [0.25, 0.3) is 0 Å². The van der Waals surface area contributed by atoms with Crippen LogP contribution in [0.2, 0.25) is 0 Å². The Morgan fingerprint density at radius 2 is 2.06 bits per heavy atom. The average Bonchev–Trinajstić information content (AvgIpc) is 2.79. The van der Waals surface area contributed by atoms with E-state index >= 15 is 0 Å². The number of aliphatic hydroxyl groups is 1. The Bertz CT molecular complexity index is 956. The van der Waals surface area contributed by atoms with Crippen molar-refractivity contribution in [3.63, 3.8) is 0 Å². The number of rotatable bonds is 9. The van der Waals surface area contributed by atoms with Crippen LogP contribution in [0.3, 0.4) is 0 Å². The molecule has 7 N–H and O–H groups in total. The minimum absolute atomic E-state index is 0.0410. The van der Waals surface area contributed by atoms with Gasteiger partial charge in [-0.05, 0) is 55.6 Å². The summed E-state index contributed by atoms with van der Waals surface area (Å²) in [5.41, 5.74) is 12.3. The smallest absolute Gasteiger partial charge is 0.243 e. The Morgan fingerprint density at radius 1 is 1.33 bits per heavy atom. The molecule has 2 atom stereocenters. The number of sulfonamides is 1. The number of likely N-dealkylation sites (tertiary alicyclic amines) is 1. The van der Waals surface area contributed by atoms with E-state index < -0.39 is 16.1 Å². The van der Waals surface area contributed by atoms with E-state index in [0.29, 0.717) is 57.0 Å². The topological polar surface area (TPSA) is 163 Å². The number of hydrogen-bond donors (Lipinski definition) is 5. The number of carbonyl (C=O) groups excluding carboxylic acids is 1. The molecular weight excluding hydrogens is 444 g/mol. The van der Waals surface area contributed by atoms with Gasteiger partial charge in [0.2, 0.25) is 15.9 Å². The molecule has 10 nitrogen and oxygen atoms in total. The molecule has 0 aromatic heterocycles. The van der Waals surface area contributed by atoms with E-state index in [1.54, 1.807) is 17.0 Å². The second-order valence-corrected chi connectivity index (χ2v) is 10.7. The lowest BCUT2D eigenvalue weighted by molar-refractivity contribution is -0.134. The van der Waals surface area contributed by atoms with E-state index in [1.807, 2.05) is 6.07 Å². The number of benzene rings is 1. The number of aliphatic hydroxyl groups excluding tert-OH is 1. The van der Waals surface area contributed by atoms with E-state index in [2.05, 4.69) is 22.0 Å². The number of nitrogens with zero attached hydrogens (tertiary/aromatic N) is 2. The monoisotopic (exact) mass is 480 g/mol. The van der Waals surface area contributed by atoms with Crippen molar-refractivity contribution in [2.75, 3.05) is 38.1 Å². The van der Waals surface area contributed by atoms with E-state index in [9.17, 15) is 18.3 Å². The summed E-state index contributed by atoms with van der Waals surface area (Å²) in [6.07, 6.45) is 2.92. The molecule has 0 aliphatic carbocycles. The fourth-order valence-electron chi connectivity index (χ4n) is 4.44. The molecule has 33 heavy (non-hydrogen) atoms. The zero-order valence-electron chi connectivity index (χ0n) is 19.2. The summed E-state index contributed by atoms with van der Waals surface area (Å²) >= 11 is 0. The Morgan fingerprint density at radius 3 is 2.73 bits per heavy atom. The molecule has 1 saturated heterocycles. The molecular formula is C22H36N6O4S. The Kier molecular flexibility index (Phi) is 8.55. The van der Waals surface area contributed by atoms with Gasteiger partial charge in [-0.15, -0.1) is 0 Å². The van der Waals surface area contributed by atoms with Crippen LogP contribution in [0.25, 0.3) is 0 Å². The van der Waals surface area contributed by atoms with Gasteiger partial charge < -0.3 is 26.8 Å². The lowest BCUT2D eigenvalue weighted by Crippen LogP contribution is -2.51. The van der Waals surface area contributed by atoms with Crippen molar-refractivity contribution < 1.29 is 18.3 Å². The molecule has 1 aromatic carbocycles. The van der Waals surface area contributed by atoms with Crippen LogP contribution < -0.4 is 21.5 Å². The highest BCUT2D eigenvalue weighted by molar-refractivity contribution is 7.89. The summed E-state index contributed by atoms with van der Waals surface area (Å²) in [7, 11) is -3.96. The van der Waals surface area contributed by atoms with Crippen molar-refractivity contribution in [3.05, 3.63) is 23.8 Å². The van der Waals surface area contributed by atoms with Crippen LogP contribution in [-0.4, -0.2) is 69.1 Å². The number of aliphatic imine (C=N–C) groups is 1. The van der Waals surface area contributed by atoms with E-state index in [4.69, 9.17) is 11.5 Å². The van der Waals surface area contributed by atoms with Crippen LogP contribution >= 0.6 is 0 Å². The van der Waals surface area contributed by atoms with Gasteiger partial charge in [-0.3, -0.25) is 9.79 Å². The maximum atomic E-state index is 13.4. The first-order valence-corrected chi connectivity index (χ1v) is 13.0. The Hall–Kier alpha value is -2.37. The van der Waals surface area contributed by atoms with Crippen molar-refractivity contribution in [3.8, 4) is 0 Å². The number of anilines is 1. The third-order valence-electron chi connectivity index (χ3n) is 6.32. The number of carbonyl (C=O) groups is 1. The maximum Gasteiger partial charge on any atom is 0.243 e. The van der Waals surface area contributed by atoms with Crippen LogP contribution in [0.15, 0.2) is 28.1 Å². The van der Waals surface area contributed by atoms with Crippen LogP contribution in [0.1, 0.15) is 38.2 Å². The molecule has 1 amide bonds. The summed E-state index contributed by atoms with van der Waals surface area (Å²) in [6, 6.07) is 4.31. The van der Waals surface area contributed by atoms with Gasteiger partial charge >= 0.3 is 0 Å². The largest absolute Gasteiger partial charge is 0.396 e. The molecule has 3 rings (SSSR count). The maximum absolute atomic E-state index is 13.4. The van der Waals surface area contributed by atoms with Crippen molar-refractivity contribution >= 4 is 27.6 Å². The van der Waals surface area contributed by atoms with Gasteiger partial charge in [0, 0.05) is 32.8 Å². The van der Waals surface area contributed by atoms with E-state index in [-0.39, 0.29) is 35.7 Å². The average molecular weight is 481 g/mol. The van der Waals surface area contributed by atoms with Crippen molar-refractivity contribution in [2.24, 2.45) is 28.3 Å². The molecule has 184 valence electrons. The van der Waals surface area contributed by atoms with E-state index in [0.717, 1.165) is 12.0 Å². The first-order chi connectivity index (χ1) is 15.7. The number of fused-ring (bicyclic) bond motifs is 1. The molecule has 2 heterocycles. The zero-order valence-corrected chi connectivity index (χ0v) is 20.0. The first kappa shape index (κ1) is 25.3. The predicted molar refractivity (Wildman–Crippen MR) is 128 cm³/mol. The molecule has 2 aliphatic rings. The second-order valence-electron chi connectivity index (χ2n) is 9.05. The minimum atomic E-state index is -3.96. The lowest BCUT2D eigenvalue weighted by atomic mass is 9.96. The molecule has 1 aromatic rings. The van der Waals surface area contributed by atoms with Gasteiger partial charge in [-0.25, -0.2) is 8.42 Å². The van der Waals surface area contributed by atoms with Crippen molar-refractivity contribution in [2.45, 2.75) is 50.0 Å². The van der Waals surface area contributed by atoms with Gasteiger partial charge in [0.05, 0.1) is 5.69 Å². The molecule has 11 heteroatoms. The van der Waals surface area contributed by atoms with Gasteiger partial charge in [-0.1, -0.05) is 19.1 Å². The molecule has 1 unspecified atom stereocenters. The summed E-state index contributed by atoms with van der Waals surface area (Å²) in [6.45, 7) is 4.20. The predicted octanol–water partition coefficient (Wildman–Crippen LogP) is 0.222. The quantitative estimate of drug-likeness (QED) is 0.192. The van der Waals surface area contributed by atoms with Crippen molar-refractivity contribution in [1.29, 1.82) is 0 Å². The number of piperidine rings is 1. The van der Waals surface area contributed by atoms with Crippen molar-refractivity contribution in [1.82, 2.24) is 9.62 Å². The Balaban J connectivity index is 1.79. The number of para-hydroxylation sites is 1. The molecule has 0 bridgehead atoms. The second kappa shape index (κ2) is 11.2. The molecule has 0 saturated carbocycles. The van der Waals surface area contributed by atoms with Crippen LogP contribution in [0, 0.1) is 11.8 Å².